The van der Waals surface area contributed by atoms with Gasteiger partial charge in [-0.25, -0.2) is 4.79 Å². The third kappa shape index (κ3) is 4.26. The van der Waals surface area contributed by atoms with Gasteiger partial charge in [0, 0.05) is 0 Å². The van der Waals surface area contributed by atoms with Gasteiger partial charge in [-0.2, -0.15) is 0 Å². The Bertz CT molecular complexity index is 667. The van der Waals surface area contributed by atoms with Gasteiger partial charge in [-0.1, -0.05) is 31.2 Å². The Hall–Kier alpha value is -2.01. The molecule has 0 aromatic heterocycles. The standard InChI is InChI=1S/C18H19BrO4/c1-3-16(18(21)22-4-2)23-13-10-8-12(9-11-13)14-6-5-7-15(20)17(14)19/h5-11,16,20H,3-4H2,1-2H3. The van der Waals surface area contributed by atoms with E-state index in [-0.39, 0.29) is 11.7 Å². The zero-order chi connectivity index (χ0) is 16.8. The van der Waals surface area contributed by atoms with Crippen LogP contribution < -0.4 is 4.74 Å². The first-order chi connectivity index (χ1) is 11.1. The minimum atomic E-state index is -0.603. The van der Waals surface area contributed by atoms with E-state index in [0.717, 1.165) is 11.1 Å². The Labute approximate surface area is 144 Å². The lowest BCUT2D eigenvalue weighted by molar-refractivity contribution is -0.151. The van der Waals surface area contributed by atoms with E-state index in [9.17, 15) is 9.90 Å². The quantitative estimate of drug-likeness (QED) is 0.749. The molecule has 0 bridgehead atoms. The number of benzene rings is 2. The summed E-state index contributed by atoms with van der Waals surface area (Å²) < 4.78 is 11.3. The number of halogens is 1. The van der Waals surface area contributed by atoms with Crippen molar-refractivity contribution in [2.24, 2.45) is 0 Å². The van der Waals surface area contributed by atoms with Crippen molar-refractivity contribution in [1.82, 2.24) is 0 Å². The van der Waals surface area contributed by atoms with E-state index in [2.05, 4.69) is 15.9 Å². The lowest BCUT2D eigenvalue weighted by Crippen LogP contribution is -2.28. The topological polar surface area (TPSA) is 55.8 Å². The van der Waals surface area contributed by atoms with Crippen molar-refractivity contribution in [1.29, 1.82) is 0 Å². The van der Waals surface area contributed by atoms with Crippen LogP contribution >= 0.6 is 15.9 Å². The van der Waals surface area contributed by atoms with Crippen LogP contribution in [0.3, 0.4) is 0 Å². The van der Waals surface area contributed by atoms with E-state index in [0.29, 0.717) is 23.2 Å². The van der Waals surface area contributed by atoms with Gasteiger partial charge in [0.25, 0.3) is 0 Å². The normalized spacial score (nSPS) is 11.8. The molecular weight excluding hydrogens is 360 g/mol. The monoisotopic (exact) mass is 378 g/mol. The van der Waals surface area contributed by atoms with Gasteiger partial charge in [0.15, 0.2) is 6.10 Å². The molecule has 0 spiro atoms. The number of esters is 1. The van der Waals surface area contributed by atoms with Crippen LogP contribution in [0.15, 0.2) is 46.9 Å². The molecule has 1 atom stereocenters. The van der Waals surface area contributed by atoms with Crippen molar-refractivity contribution in [3.63, 3.8) is 0 Å². The van der Waals surface area contributed by atoms with Crippen LogP contribution in [0.5, 0.6) is 11.5 Å². The summed E-state index contributed by atoms with van der Waals surface area (Å²) in [4.78, 5) is 11.8. The molecule has 23 heavy (non-hydrogen) atoms. The SMILES string of the molecule is CCOC(=O)C(CC)Oc1ccc(-c2cccc(O)c2Br)cc1. The molecule has 0 saturated carbocycles. The molecule has 0 aliphatic rings. The maximum atomic E-state index is 11.8. The zero-order valence-corrected chi connectivity index (χ0v) is 14.7. The second-order valence-electron chi connectivity index (χ2n) is 4.93. The molecular formula is C18H19BrO4. The van der Waals surface area contributed by atoms with Gasteiger partial charge in [0.05, 0.1) is 11.1 Å². The van der Waals surface area contributed by atoms with Crippen LogP contribution in [0.2, 0.25) is 0 Å². The zero-order valence-electron chi connectivity index (χ0n) is 13.1. The second-order valence-corrected chi connectivity index (χ2v) is 5.72. The van der Waals surface area contributed by atoms with Crippen LogP contribution in [-0.4, -0.2) is 23.8 Å². The highest BCUT2D eigenvalue weighted by molar-refractivity contribution is 9.10. The van der Waals surface area contributed by atoms with Gasteiger partial charge in [-0.3, -0.25) is 0 Å². The molecule has 0 aliphatic carbocycles. The molecule has 1 N–H and O–H groups in total. The summed E-state index contributed by atoms with van der Waals surface area (Å²) in [5.41, 5.74) is 1.82. The van der Waals surface area contributed by atoms with Crippen LogP contribution in [0, 0.1) is 0 Å². The predicted octanol–water partition coefficient (Wildman–Crippen LogP) is 4.54. The maximum absolute atomic E-state index is 11.8. The molecule has 0 aliphatic heterocycles. The van der Waals surface area contributed by atoms with Crippen LogP contribution in [0.4, 0.5) is 0 Å². The fourth-order valence-electron chi connectivity index (χ4n) is 2.15. The van der Waals surface area contributed by atoms with Gasteiger partial charge in [0.1, 0.15) is 11.5 Å². The smallest absolute Gasteiger partial charge is 0.347 e. The Morgan fingerprint density at radius 3 is 2.48 bits per heavy atom. The van der Waals surface area contributed by atoms with Crippen molar-refractivity contribution < 1.29 is 19.4 Å². The Morgan fingerprint density at radius 1 is 1.17 bits per heavy atom. The van der Waals surface area contributed by atoms with E-state index in [1.807, 2.05) is 25.1 Å². The summed E-state index contributed by atoms with van der Waals surface area (Å²) in [5, 5.41) is 9.76. The molecule has 122 valence electrons. The van der Waals surface area contributed by atoms with E-state index in [1.54, 1.807) is 31.2 Å². The largest absolute Gasteiger partial charge is 0.507 e. The van der Waals surface area contributed by atoms with Crippen molar-refractivity contribution in [2.45, 2.75) is 26.4 Å². The van der Waals surface area contributed by atoms with Gasteiger partial charge < -0.3 is 14.6 Å². The molecule has 2 aromatic rings. The Morgan fingerprint density at radius 2 is 1.87 bits per heavy atom. The Balaban J connectivity index is 2.16. The average Bonchev–Trinajstić information content (AvgIpc) is 2.56. The van der Waals surface area contributed by atoms with Crippen molar-refractivity contribution >= 4 is 21.9 Å². The number of hydrogen-bond acceptors (Lipinski definition) is 4. The van der Waals surface area contributed by atoms with E-state index in [1.165, 1.54) is 0 Å². The van der Waals surface area contributed by atoms with Gasteiger partial charge in [-0.15, -0.1) is 0 Å². The highest BCUT2D eigenvalue weighted by Gasteiger charge is 2.19. The fraction of sp³-hybridized carbons (Fsp3) is 0.278. The van der Waals surface area contributed by atoms with Crippen molar-refractivity contribution in [3.8, 4) is 22.6 Å². The number of carbonyl (C=O) groups is 1. The molecule has 5 heteroatoms. The predicted molar refractivity (Wildman–Crippen MR) is 92.6 cm³/mol. The number of carbonyl (C=O) groups excluding carboxylic acids is 1. The number of phenols is 1. The highest BCUT2D eigenvalue weighted by atomic mass is 79.9. The summed E-state index contributed by atoms with van der Waals surface area (Å²) in [7, 11) is 0. The van der Waals surface area contributed by atoms with E-state index in [4.69, 9.17) is 9.47 Å². The third-order valence-corrected chi connectivity index (χ3v) is 4.18. The molecule has 2 aromatic carbocycles. The first kappa shape index (κ1) is 17.3. The maximum Gasteiger partial charge on any atom is 0.347 e. The molecule has 0 amide bonds. The number of hydrogen-bond donors (Lipinski definition) is 1. The summed E-state index contributed by atoms with van der Waals surface area (Å²) in [6.07, 6.45) is -0.0631. The summed E-state index contributed by atoms with van der Waals surface area (Å²) >= 11 is 3.38. The molecule has 2 rings (SSSR count). The van der Waals surface area contributed by atoms with E-state index >= 15 is 0 Å². The fourth-order valence-corrected chi connectivity index (χ4v) is 2.65. The summed E-state index contributed by atoms with van der Waals surface area (Å²) in [6, 6.07) is 12.7. The molecule has 0 saturated heterocycles. The van der Waals surface area contributed by atoms with Crippen molar-refractivity contribution in [2.75, 3.05) is 6.61 Å². The van der Waals surface area contributed by atoms with Crippen LogP contribution in [0.1, 0.15) is 20.3 Å². The van der Waals surface area contributed by atoms with Gasteiger partial charge in [-0.05, 0) is 58.6 Å². The number of phenolic OH excluding ortho intramolecular Hbond substituents is 1. The first-order valence-electron chi connectivity index (χ1n) is 7.48. The molecule has 0 heterocycles. The minimum absolute atomic E-state index is 0.191. The molecule has 1 unspecified atom stereocenters. The van der Waals surface area contributed by atoms with Gasteiger partial charge in [0.2, 0.25) is 0 Å². The third-order valence-electron chi connectivity index (χ3n) is 3.34. The molecule has 0 radical (unpaired) electrons. The van der Waals surface area contributed by atoms with Crippen LogP contribution in [0.25, 0.3) is 11.1 Å². The van der Waals surface area contributed by atoms with Crippen LogP contribution in [-0.2, 0) is 9.53 Å². The minimum Gasteiger partial charge on any atom is -0.507 e. The Kier molecular flexibility index (Phi) is 6.04. The summed E-state index contributed by atoms with van der Waals surface area (Å²) in [5.74, 6) is 0.441. The molecule has 4 nitrogen and oxygen atoms in total. The van der Waals surface area contributed by atoms with Crippen molar-refractivity contribution in [3.05, 3.63) is 46.9 Å². The lowest BCUT2D eigenvalue weighted by Gasteiger charge is -2.16. The highest BCUT2D eigenvalue weighted by Crippen LogP contribution is 2.35. The van der Waals surface area contributed by atoms with Gasteiger partial charge >= 0.3 is 5.97 Å². The van der Waals surface area contributed by atoms with E-state index < -0.39 is 6.10 Å². The molecule has 0 fully saturated rings. The number of ether oxygens (including phenoxy) is 2. The first-order valence-corrected chi connectivity index (χ1v) is 8.27. The summed E-state index contributed by atoms with van der Waals surface area (Å²) in [6.45, 7) is 3.98. The lowest BCUT2D eigenvalue weighted by atomic mass is 10.1. The average molecular weight is 379 g/mol. The number of aromatic hydroxyl groups is 1. The number of rotatable bonds is 6. The second kappa shape index (κ2) is 8.02.